The fraction of sp³-hybridized carbons (Fsp3) is 0.125. The highest BCUT2D eigenvalue weighted by Crippen LogP contribution is 2.33. The second-order valence-corrected chi connectivity index (χ2v) is 7.00. The molecule has 0 bridgehead atoms. The first kappa shape index (κ1) is 17.4. The number of Topliss-reactive ketones (excluding diaryl/α,β-unsaturated/α-hetero) is 1. The lowest BCUT2D eigenvalue weighted by molar-refractivity contribution is 0.0829. The van der Waals surface area contributed by atoms with Crippen LogP contribution in [-0.2, 0) is 6.42 Å². The van der Waals surface area contributed by atoms with E-state index in [0.717, 1.165) is 16.6 Å². The number of carbonyl (C=O) groups is 1. The molecule has 5 heteroatoms. The third-order valence-corrected chi connectivity index (χ3v) is 5.00. The normalized spacial score (nSPS) is 15.6. The van der Waals surface area contributed by atoms with Crippen LogP contribution in [0.25, 0.3) is 10.9 Å². The number of nitrogens with zero attached hydrogens (tertiary/aromatic N) is 2. The molecule has 0 N–H and O–H groups in total. The number of pyridine rings is 2. The highest BCUT2D eigenvalue weighted by molar-refractivity contribution is 6.01. The summed E-state index contributed by atoms with van der Waals surface area (Å²) in [6.07, 6.45) is 2.29. The second-order valence-electron chi connectivity index (χ2n) is 7.00. The third-order valence-electron chi connectivity index (χ3n) is 5.00. The minimum absolute atomic E-state index is 0.0498. The first-order valence-corrected chi connectivity index (χ1v) is 9.51. The fourth-order valence-corrected chi connectivity index (χ4v) is 3.52. The highest BCUT2D eigenvalue weighted by atomic mass is 16.5. The summed E-state index contributed by atoms with van der Waals surface area (Å²) in [5.74, 6) is 1.42. The largest absolute Gasteiger partial charge is 0.492 e. The summed E-state index contributed by atoms with van der Waals surface area (Å²) in [5, 5.41) is 1.05. The molecule has 0 amide bonds. The van der Waals surface area contributed by atoms with Crippen LogP contribution in [0.1, 0.15) is 16.1 Å². The Hall–Kier alpha value is -3.73. The van der Waals surface area contributed by atoms with E-state index in [1.165, 1.54) is 0 Å². The van der Waals surface area contributed by atoms with Crippen LogP contribution in [0.2, 0.25) is 0 Å². The molecule has 3 heterocycles. The molecule has 2 aromatic carbocycles. The minimum atomic E-state index is -0.258. The van der Waals surface area contributed by atoms with Crippen LogP contribution in [0.15, 0.2) is 79.0 Å². The average Bonchev–Trinajstić information content (AvgIpc) is 2.77. The van der Waals surface area contributed by atoms with Crippen molar-refractivity contribution in [2.24, 2.45) is 5.92 Å². The molecule has 1 aliphatic rings. The van der Waals surface area contributed by atoms with Crippen LogP contribution in [0, 0.1) is 5.92 Å². The maximum absolute atomic E-state index is 13.0. The van der Waals surface area contributed by atoms with Crippen LogP contribution in [0.4, 0.5) is 0 Å². The van der Waals surface area contributed by atoms with Gasteiger partial charge in [-0.05, 0) is 42.5 Å². The van der Waals surface area contributed by atoms with Gasteiger partial charge in [0.1, 0.15) is 11.5 Å². The molecule has 1 unspecified atom stereocenters. The minimum Gasteiger partial charge on any atom is -0.492 e. The van der Waals surface area contributed by atoms with Crippen molar-refractivity contribution in [3.05, 3.63) is 90.3 Å². The number of benzene rings is 2. The lowest BCUT2D eigenvalue weighted by Gasteiger charge is -2.24. The summed E-state index contributed by atoms with van der Waals surface area (Å²) in [6.45, 7) is 0.356. The first-order chi connectivity index (χ1) is 14.3. The molecule has 5 rings (SSSR count). The Morgan fingerprint density at radius 3 is 2.79 bits per heavy atom. The van der Waals surface area contributed by atoms with Crippen LogP contribution in [-0.4, -0.2) is 22.4 Å². The summed E-state index contributed by atoms with van der Waals surface area (Å²) >= 11 is 0. The fourth-order valence-electron chi connectivity index (χ4n) is 3.52. The van der Waals surface area contributed by atoms with Gasteiger partial charge in [0.05, 0.1) is 23.6 Å². The standard InChI is InChI=1S/C24H18N2O3/c27-24-17(13-18-6-3-4-12-25-18)15-28-22-10-9-19(14-20(22)24)29-23-11-8-16-5-1-2-7-21(16)26-23/h1-12,14,17H,13,15H2. The predicted molar refractivity (Wildman–Crippen MR) is 110 cm³/mol. The number of ketones is 1. The van der Waals surface area contributed by atoms with Gasteiger partial charge in [0.15, 0.2) is 5.78 Å². The third kappa shape index (κ3) is 3.55. The van der Waals surface area contributed by atoms with Gasteiger partial charge in [-0.25, -0.2) is 4.98 Å². The lowest BCUT2D eigenvalue weighted by Crippen LogP contribution is -2.29. The molecule has 29 heavy (non-hydrogen) atoms. The van der Waals surface area contributed by atoms with E-state index >= 15 is 0 Å². The summed E-state index contributed by atoms with van der Waals surface area (Å²) < 4.78 is 11.7. The molecule has 1 aliphatic heterocycles. The van der Waals surface area contributed by atoms with E-state index in [1.54, 1.807) is 24.4 Å². The van der Waals surface area contributed by atoms with E-state index in [9.17, 15) is 4.79 Å². The molecule has 1 atom stereocenters. The van der Waals surface area contributed by atoms with Crippen LogP contribution in [0.3, 0.4) is 0 Å². The Bertz CT molecular complexity index is 1190. The van der Waals surface area contributed by atoms with Crippen molar-refractivity contribution < 1.29 is 14.3 Å². The van der Waals surface area contributed by atoms with Crippen molar-refractivity contribution in [2.75, 3.05) is 6.61 Å². The monoisotopic (exact) mass is 382 g/mol. The zero-order chi connectivity index (χ0) is 19.6. The molecule has 0 spiro atoms. The predicted octanol–water partition coefficient (Wildman–Crippen LogP) is 4.86. The Balaban J connectivity index is 1.39. The number of ether oxygens (including phenoxy) is 2. The Kier molecular flexibility index (Phi) is 4.41. The Labute approximate surface area is 168 Å². The first-order valence-electron chi connectivity index (χ1n) is 9.51. The van der Waals surface area contributed by atoms with Crippen LogP contribution in [0.5, 0.6) is 17.4 Å². The maximum Gasteiger partial charge on any atom is 0.219 e. The Morgan fingerprint density at radius 1 is 1.00 bits per heavy atom. The Morgan fingerprint density at radius 2 is 1.90 bits per heavy atom. The van der Waals surface area contributed by atoms with Gasteiger partial charge < -0.3 is 9.47 Å². The molecule has 4 aromatic rings. The molecule has 2 aromatic heterocycles. The van der Waals surface area contributed by atoms with E-state index < -0.39 is 0 Å². The number of aromatic nitrogens is 2. The molecule has 0 aliphatic carbocycles. The number of carbonyl (C=O) groups excluding carboxylic acids is 1. The number of hydrogen-bond acceptors (Lipinski definition) is 5. The molecule has 5 nitrogen and oxygen atoms in total. The van der Waals surface area contributed by atoms with Gasteiger partial charge in [-0.15, -0.1) is 0 Å². The maximum atomic E-state index is 13.0. The van der Waals surface area contributed by atoms with Crippen LogP contribution >= 0.6 is 0 Å². The lowest BCUT2D eigenvalue weighted by atomic mass is 9.91. The number of para-hydroxylation sites is 1. The summed E-state index contributed by atoms with van der Waals surface area (Å²) in [7, 11) is 0. The molecule has 0 saturated heterocycles. The molecule has 0 saturated carbocycles. The van der Waals surface area contributed by atoms with Crippen LogP contribution < -0.4 is 9.47 Å². The molecule has 142 valence electrons. The number of rotatable bonds is 4. The molecular formula is C24H18N2O3. The summed E-state index contributed by atoms with van der Waals surface area (Å²) in [6, 6.07) is 22.7. The summed E-state index contributed by atoms with van der Waals surface area (Å²) in [4.78, 5) is 21.9. The van der Waals surface area contributed by atoms with Gasteiger partial charge in [0.2, 0.25) is 5.88 Å². The van der Waals surface area contributed by atoms with Crippen molar-refractivity contribution in [3.8, 4) is 17.4 Å². The quantitative estimate of drug-likeness (QED) is 0.505. The van der Waals surface area contributed by atoms with Gasteiger partial charge in [-0.3, -0.25) is 9.78 Å². The van der Waals surface area contributed by atoms with E-state index in [-0.39, 0.29) is 11.7 Å². The van der Waals surface area contributed by atoms with Crippen molar-refractivity contribution in [1.82, 2.24) is 9.97 Å². The zero-order valence-electron chi connectivity index (χ0n) is 15.6. The zero-order valence-corrected chi connectivity index (χ0v) is 15.6. The summed E-state index contributed by atoms with van der Waals surface area (Å²) in [5.41, 5.74) is 2.28. The highest BCUT2D eigenvalue weighted by Gasteiger charge is 2.29. The van der Waals surface area contributed by atoms with E-state index in [2.05, 4.69) is 9.97 Å². The van der Waals surface area contributed by atoms with Gasteiger partial charge in [-0.1, -0.05) is 24.3 Å². The van der Waals surface area contributed by atoms with Crippen molar-refractivity contribution >= 4 is 16.7 Å². The van der Waals surface area contributed by atoms with E-state index in [1.807, 2.05) is 54.6 Å². The van der Waals surface area contributed by atoms with E-state index in [0.29, 0.717) is 36.0 Å². The second kappa shape index (κ2) is 7.36. The SMILES string of the molecule is O=C1c2cc(Oc3ccc4ccccc4n3)ccc2OCC1Cc1ccccn1. The number of fused-ring (bicyclic) bond motifs is 2. The van der Waals surface area contributed by atoms with Crippen molar-refractivity contribution in [2.45, 2.75) is 6.42 Å². The molecular weight excluding hydrogens is 364 g/mol. The van der Waals surface area contributed by atoms with E-state index in [4.69, 9.17) is 9.47 Å². The smallest absolute Gasteiger partial charge is 0.219 e. The van der Waals surface area contributed by atoms with Gasteiger partial charge in [-0.2, -0.15) is 0 Å². The van der Waals surface area contributed by atoms with Crippen molar-refractivity contribution in [1.29, 1.82) is 0 Å². The van der Waals surface area contributed by atoms with Gasteiger partial charge >= 0.3 is 0 Å². The molecule has 0 radical (unpaired) electrons. The number of hydrogen-bond donors (Lipinski definition) is 0. The van der Waals surface area contributed by atoms with Crippen molar-refractivity contribution in [3.63, 3.8) is 0 Å². The topological polar surface area (TPSA) is 61.3 Å². The average molecular weight is 382 g/mol. The van der Waals surface area contributed by atoms with Gasteiger partial charge in [0.25, 0.3) is 0 Å². The van der Waals surface area contributed by atoms with Gasteiger partial charge in [0, 0.05) is 29.8 Å². The molecule has 0 fully saturated rings.